The van der Waals surface area contributed by atoms with E-state index in [-0.39, 0.29) is 24.0 Å². The highest BCUT2D eigenvalue weighted by molar-refractivity contribution is 5.84. The smallest absolute Gasteiger partial charge is 0.331 e. The Kier molecular flexibility index (Phi) is 2.99. The van der Waals surface area contributed by atoms with Crippen LogP contribution in [0.3, 0.4) is 0 Å². The van der Waals surface area contributed by atoms with Gasteiger partial charge >= 0.3 is 11.9 Å². The van der Waals surface area contributed by atoms with E-state index in [1.807, 2.05) is 0 Å². The molecule has 1 heterocycles. The van der Waals surface area contributed by atoms with Crippen LogP contribution in [-0.2, 0) is 19.1 Å². The van der Waals surface area contributed by atoms with Crippen LogP contribution in [0.1, 0.15) is 32.6 Å². The molecule has 4 heteroatoms. The molecule has 88 valence electrons. The molecule has 0 amide bonds. The Bertz CT molecular complexity index is 328. The van der Waals surface area contributed by atoms with Gasteiger partial charge in [-0.15, -0.1) is 0 Å². The minimum atomic E-state index is -0.395. The minimum absolute atomic E-state index is 0.134. The molecule has 0 aromatic heterocycles. The van der Waals surface area contributed by atoms with Gasteiger partial charge in [-0.3, -0.25) is 4.79 Å². The van der Waals surface area contributed by atoms with Gasteiger partial charge in [0, 0.05) is 6.08 Å². The van der Waals surface area contributed by atoms with Gasteiger partial charge in [-0.05, 0) is 25.3 Å². The van der Waals surface area contributed by atoms with E-state index < -0.39 is 6.10 Å². The van der Waals surface area contributed by atoms with Crippen LogP contribution >= 0.6 is 0 Å². The molecule has 0 N–H and O–H groups in total. The maximum atomic E-state index is 11.8. The molecule has 0 unspecified atom stereocenters. The van der Waals surface area contributed by atoms with E-state index in [2.05, 4.69) is 6.92 Å². The molecule has 2 aliphatic rings. The molecule has 0 aromatic rings. The quantitative estimate of drug-likeness (QED) is 0.665. The normalized spacial score (nSPS) is 25.3. The molecular formula is C12H16O4. The Morgan fingerprint density at radius 2 is 2.38 bits per heavy atom. The summed E-state index contributed by atoms with van der Waals surface area (Å²) in [7, 11) is 0. The SMILES string of the molecule is CCCC1(C(=O)OC[C@@H]2C=CC(=O)O2)CC1. The number of ether oxygens (including phenoxy) is 2. The molecular weight excluding hydrogens is 208 g/mol. The lowest BCUT2D eigenvalue weighted by molar-refractivity contribution is -0.156. The molecule has 16 heavy (non-hydrogen) atoms. The van der Waals surface area contributed by atoms with Crippen LogP contribution in [0.5, 0.6) is 0 Å². The third-order valence-electron chi connectivity index (χ3n) is 3.11. The first kappa shape index (κ1) is 11.2. The summed E-state index contributed by atoms with van der Waals surface area (Å²) >= 11 is 0. The van der Waals surface area contributed by atoms with Crippen molar-refractivity contribution < 1.29 is 19.1 Å². The number of hydrogen-bond acceptors (Lipinski definition) is 4. The van der Waals surface area contributed by atoms with Gasteiger partial charge in [-0.2, -0.15) is 0 Å². The van der Waals surface area contributed by atoms with Gasteiger partial charge in [0.2, 0.25) is 0 Å². The largest absolute Gasteiger partial charge is 0.461 e. The van der Waals surface area contributed by atoms with Gasteiger partial charge in [0.05, 0.1) is 5.41 Å². The first-order chi connectivity index (χ1) is 7.66. The van der Waals surface area contributed by atoms with Crippen molar-refractivity contribution in [3.05, 3.63) is 12.2 Å². The van der Waals surface area contributed by atoms with Crippen LogP contribution in [-0.4, -0.2) is 24.6 Å². The number of carbonyl (C=O) groups excluding carboxylic acids is 2. The second-order valence-electron chi connectivity index (χ2n) is 4.46. The van der Waals surface area contributed by atoms with Crippen molar-refractivity contribution in [2.45, 2.75) is 38.7 Å². The lowest BCUT2D eigenvalue weighted by atomic mass is 10.0. The van der Waals surface area contributed by atoms with Crippen LogP contribution < -0.4 is 0 Å². The summed E-state index contributed by atoms with van der Waals surface area (Å²) in [5.41, 5.74) is -0.221. The lowest BCUT2D eigenvalue weighted by Crippen LogP contribution is -2.24. The topological polar surface area (TPSA) is 52.6 Å². The molecule has 0 aromatic carbocycles. The fraction of sp³-hybridized carbons (Fsp3) is 0.667. The number of esters is 2. The van der Waals surface area contributed by atoms with E-state index in [1.165, 1.54) is 6.08 Å². The number of cyclic esters (lactones) is 1. The molecule has 1 fully saturated rings. The maximum absolute atomic E-state index is 11.8. The zero-order valence-corrected chi connectivity index (χ0v) is 9.40. The van der Waals surface area contributed by atoms with E-state index >= 15 is 0 Å². The fourth-order valence-electron chi connectivity index (χ4n) is 2.00. The Balaban J connectivity index is 1.76. The molecule has 1 aliphatic carbocycles. The zero-order chi connectivity index (χ0) is 11.6. The van der Waals surface area contributed by atoms with Crippen LogP contribution in [0.4, 0.5) is 0 Å². The lowest BCUT2D eigenvalue weighted by Gasteiger charge is -2.15. The molecule has 0 radical (unpaired) electrons. The standard InChI is InChI=1S/C12H16O4/c1-2-5-12(6-7-12)11(14)15-8-9-3-4-10(13)16-9/h3-4,9H,2,5-8H2,1H3/t9-/m0/s1. The van der Waals surface area contributed by atoms with Crippen LogP contribution in [0, 0.1) is 5.41 Å². The summed E-state index contributed by atoms with van der Waals surface area (Å²) < 4.78 is 10.1. The van der Waals surface area contributed by atoms with E-state index in [9.17, 15) is 9.59 Å². The monoisotopic (exact) mass is 224 g/mol. The summed E-state index contributed by atoms with van der Waals surface area (Å²) in [5.74, 6) is -0.499. The van der Waals surface area contributed by atoms with Gasteiger partial charge in [-0.1, -0.05) is 13.3 Å². The summed E-state index contributed by atoms with van der Waals surface area (Å²) in [5, 5.41) is 0. The van der Waals surface area contributed by atoms with Crippen molar-refractivity contribution in [3.8, 4) is 0 Å². The third kappa shape index (κ3) is 2.26. The molecule has 1 saturated carbocycles. The number of hydrogen-bond donors (Lipinski definition) is 0. The highest BCUT2D eigenvalue weighted by Gasteiger charge is 2.50. The number of rotatable bonds is 5. The average Bonchev–Trinajstić information content (AvgIpc) is 2.92. The first-order valence-corrected chi connectivity index (χ1v) is 5.72. The van der Waals surface area contributed by atoms with Gasteiger partial charge in [-0.25, -0.2) is 4.79 Å². The second-order valence-corrected chi connectivity index (χ2v) is 4.46. The number of carbonyl (C=O) groups is 2. The average molecular weight is 224 g/mol. The molecule has 4 nitrogen and oxygen atoms in total. The summed E-state index contributed by atoms with van der Waals surface area (Å²) in [6.45, 7) is 2.21. The Labute approximate surface area is 94.6 Å². The van der Waals surface area contributed by atoms with Crippen LogP contribution in [0.15, 0.2) is 12.2 Å². The van der Waals surface area contributed by atoms with Crippen molar-refractivity contribution >= 4 is 11.9 Å². The highest BCUT2D eigenvalue weighted by Crippen LogP contribution is 2.50. The summed E-state index contributed by atoms with van der Waals surface area (Å²) in [4.78, 5) is 22.5. The first-order valence-electron chi connectivity index (χ1n) is 5.72. The zero-order valence-electron chi connectivity index (χ0n) is 9.40. The van der Waals surface area contributed by atoms with E-state index in [1.54, 1.807) is 6.08 Å². The van der Waals surface area contributed by atoms with E-state index in [0.717, 1.165) is 25.7 Å². The molecule has 0 saturated heterocycles. The molecule has 0 spiro atoms. The maximum Gasteiger partial charge on any atom is 0.331 e. The molecule has 1 atom stereocenters. The van der Waals surface area contributed by atoms with Crippen molar-refractivity contribution in [2.24, 2.45) is 5.41 Å². The second kappa shape index (κ2) is 4.28. The van der Waals surface area contributed by atoms with E-state index in [4.69, 9.17) is 9.47 Å². The highest BCUT2D eigenvalue weighted by atomic mass is 16.6. The minimum Gasteiger partial charge on any atom is -0.461 e. The van der Waals surface area contributed by atoms with Gasteiger partial charge < -0.3 is 9.47 Å². The summed E-state index contributed by atoms with van der Waals surface area (Å²) in [6, 6.07) is 0. The Morgan fingerprint density at radius 1 is 1.62 bits per heavy atom. The van der Waals surface area contributed by atoms with Gasteiger partial charge in [0.15, 0.2) is 6.10 Å². The van der Waals surface area contributed by atoms with E-state index in [0.29, 0.717) is 0 Å². The molecule has 0 bridgehead atoms. The van der Waals surface area contributed by atoms with Gasteiger partial charge in [0.1, 0.15) is 6.61 Å². The summed E-state index contributed by atoms with van der Waals surface area (Å²) in [6.07, 6.45) is 6.33. The molecule has 1 aliphatic heterocycles. The third-order valence-corrected chi connectivity index (χ3v) is 3.11. The van der Waals surface area contributed by atoms with Crippen molar-refractivity contribution in [1.29, 1.82) is 0 Å². The van der Waals surface area contributed by atoms with Crippen molar-refractivity contribution in [3.63, 3.8) is 0 Å². The van der Waals surface area contributed by atoms with Crippen LogP contribution in [0.25, 0.3) is 0 Å². The van der Waals surface area contributed by atoms with Crippen molar-refractivity contribution in [2.75, 3.05) is 6.61 Å². The Hall–Kier alpha value is -1.32. The van der Waals surface area contributed by atoms with Crippen LogP contribution in [0.2, 0.25) is 0 Å². The molecule has 2 rings (SSSR count). The predicted molar refractivity (Wildman–Crippen MR) is 56.6 cm³/mol. The predicted octanol–water partition coefficient (Wildman–Crippen LogP) is 1.59. The van der Waals surface area contributed by atoms with Crippen molar-refractivity contribution in [1.82, 2.24) is 0 Å². The Morgan fingerprint density at radius 3 is 2.88 bits per heavy atom. The van der Waals surface area contributed by atoms with Gasteiger partial charge in [0.25, 0.3) is 0 Å². The fourth-order valence-corrected chi connectivity index (χ4v) is 2.00.